The number of H-pyrrole nitrogens is 1. The largest absolute Gasteiger partial charge is 2.00 e. The molecule has 0 bridgehead atoms. The first-order valence-electron chi connectivity index (χ1n) is 11.7. The number of carbonyl (C=O) groups is 4. The average molecular weight is 516 g/mol. The molecular formula is C20H21CaN7O7. The number of carbonyl (C=O) groups excluding carboxylic acids is 4. The van der Waals surface area contributed by atoms with Gasteiger partial charge in [-0.2, -0.15) is 4.98 Å². The van der Waals surface area contributed by atoms with Crippen molar-refractivity contribution >= 4 is 85.1 Å². The van der Waals surface area contributed by atoms with Crippen molar-refractivity contribution in [3.05, 3.63) is 40.2 Å². The van der Waals surface area contributed by atoms with E-state index in [0.717, 1.165) is 0 Å². The molecule has 3 atom stereocenters. The molecule has 0 saturated carbocycles. The summed E-state index contributed by atoms with van der Waals surface area (Å²) in [6.45, 7) is -4.75. The predicted molar refractivity (Wildman–Crippen MR) is 121 cm³/mol. The van der Waals surface area contributed by atoms with Gasteiger partial charge in [0.1, 0.15) is 0 Å². The molecule has 3 rings (SSSR count). The van der Waals surface area contributed by atoms with E-state index < -0.39 is 67.0 Å². The topological polar surface area (TPSA) is 225 Å². The standard InChI is InChI=1S/C20H23N7O7.Ca/c21-20-25-16-15(18(32)26-20)27(9-28)12(8-23-16)7-22-11-3-1-10(2-4-11)17(31)24-13(19(33)34)5-6-14(29)30;/h1-4,9,12-13,22H,5-8H2,(H,24,31)(H,29,30)(H,33,34)(H4,21,23,25,26,32);/q;+2/p-2/t12?,13-;/m0./s1/i7D2,8D,12D;/t8?,12?,13-;. The fourth-order valence-electron chi connectivity index (χ4n) is 2.93. The summed E-state index contributed by atoms with van der Waals surface area (Å²) < 4.78 is 34.0. The second-order valence-corrected chi connectivity index (χ2v) is 6.88. The van der Waals surface area contributed by atoms with Crippen molar-refractivity contribution in [2.45, 2.75) is 24.9 Å². The summed E-state index contributed by atoms with van der Waals surface area (Å²) in [4.78, 5) is 64.8. The number of carboxylic acids is 2. The van der Waals surface area contributed by atoms with Crippen LogP contribution in [0.1, 0.15) is 28.7 Å². The number of carboxylic acid groups (broad SMARTS) is 2. The van der Waals surface area contributed by atoms with Crippen molar-refractivity contribution in [2.75, 3.05) is 34.3 Å². The van der Waals surface area contributed by atoms with Crippen molar-refractivity contribution in [2.24, 2.45) is 0 Å². The summed E-state index contributed by atoms with van der Waals surface area (Å²) in [6, 6.07) is 0.397. The fraction of sp³-hybridized carbons (Fsp3) is 0.300. The molecule has 2 aromatic rings. The van der Waals surface area contributed by atoms with Crippen LogP contribution in [0.25, 0.3) is 0 Å². The first-order chi connectivity index (χ1) is 17.7. The molecule has 180 valence electrons. The molecule has 1 aromatic heterocycles. The maximum Gasteiger partial charge on any atom is 2.00 e. The van der Waals surface area contributed by atoms with E-state index >= 15 is 0 Å². The molecule has 15 heteroatoms. The van der Waals surface area contributed by atoms with Gasteiger partial charge in [0.15, 0.2) is 11.5 Å². The van der Waals surface area contributed by atoms with E-state index in [-0.39, 0.29) is 67.2 Å². The predicted octanol–water partition coefficient (Wildman–Crippen LogP) is -3.78. The molecule has 1 aliphatic heterocycles. The number of aromatic nitrogens is 2. The van der Waals surface area contributed by atoms with Crippen LogP contribution in [0.3, 0.4) is 0 Å². The van der Waals surface area contributed by atoms with Gasteiger partial charge in [-0.1, -0.05) is 0 Å². The number of nitrogens with one attached hydrogen (secondary N) is 4. The number of hydrogen-bond donors (Lipinski definition) is 5. The van der Waals surface area contributed by atoms with Crippen LogP contribution in [-0.4, -0.2) is 97.0 Å². The van der Waals surface area contributed by atoms with Gasteiger partial charge < -0.3 is 46.4 Å². The number of aliphatic carboxylic acids is 2. The minimum absolute atomic E-state index is 0. The summed E-state index contributed by atoms with van der Waals surface area (Å²) in [5.41, 5.74) is 3.92. The van der Waals surface area contributed by atoms with E-state index in [1.54, 1.807) is 0 Å². The molecule has 0 spiro atoms. The molecule has 2 heterocycles. The molecule has 0 fully saturated rings. The van der Waals surface area contributed by atoms with E-state index in [1.165, 1.54) is 24.3 Å². The molecular weight excluding hydrogens is 490 g/mol. The molecule has 35 heavy (non-hydrogen) atoms. The molecule has 0 aliphatic carbocycles. The van der Waals surface area contributed by atoms with Crippen molar-refractivity contribution < 1.29 is 34.9 Å². The summed E-state index contributed by atoms with van der Waals surface area (Å²) in [7, 11) is 0. The van der Waals surface area contributed by atoms with Crippen molar-refractivity contribution in [1.29, 1.82) is 0 Å². The first kappa shape index (κ1) is 22.1. The van der Waals surface area contributed by atoms with Crippen LogP contribution in [0, 0.1) is 0 Å². The van der Waals surface area contributed by atoms with E-state index in [1.807, 2.05) is 0 Å². The number of amides is 2. The summed E-state index contributed by atoms with van der Waals surface area (Å²) >= 11 is 0. The Hall–Kier alpha value is -3.36. The maximum atomic E-state index is 12.4. The zero-order valence-electron chi connectivity index (χ0n) is 22.0. The second-order valence-electron chi connectivity index (χ2n) is 6.88. The van der Waals surface area contributed by atoms with Crippen LogP contribution in [0.5, 0.6) is 0 Å². The number of aromatic amines is 1. The summed E-state index contributed by atoms with van der Waals surface area (Å²) in [5, 5.41) is 28.6. The third kappa shape index (κ3) is 7.07. The molecule has 6 N–H and O–H groups in total. The Kier molecular flexibility index (Phi) is 7.82. The average Bonchev–Trinajstić information content (AvgIpc) is 2.82. The monoisotopic (exact) mass is 515 g/mol. The first-order valence-corrected chi connectivity index (χ1v) is 9.64. The third-order valence-electron chi connectivity index (χ3n) is 4.57. The number of nitrogens with zero attached hydrogens (tertiary/aromatic N) is 2. The summed E-state index contributed by atoms with van der Waals surface area (Å²) in [6.07, 6.45) is -1.08. The number of fused-ring (bicyclic) bond motifs is 1. The zero-order chi connectivity index (χ0) is 28.4. The van der Waals surface area contributed by atoms with Gasteiger partial charge in [0.25, 0.3) is 11.5 Å². The number of nitrogen functional groups attached to an aromatic ring is 1. The van der Waals surface area contributed by atoms with Crippen molar-refractivity contribution in [3.8, 4) is 0 Å². The smallest absolute Gasteiger partial charge is 0.550 e. The molecule has 14 nitrogen and oxygen atoms in total. The molecule has 1 aromatic carbocycles. The van der Waals surface area contributed by atoms with Gasteiger partial charge in [0.2, 0.25) is 12.4 Å². The SMILES string of the molecule is [2H]C1Nc2nc(N)[nH]c(=O)c2N(C=O)C1([2H])C([2H])([2H])Nc1ccc(C(=O)N[C@@H](CCC(=O)[O-])C(=O)[O-])cc1.[Ca+2]. The summed E-state index contributed by atoms with van der Waals surface area (Å²) in [5.74, 6) is -4.71. The maximum absolute atomic E-state index is 12.4. The number of hydrogen-bond acceptors (Lipinski definition) is 11. The van der Waals surface area contributed by atoms with E-state index in [2.05, 4.69) is 25.9 Å². The normalized spacial score (nSPS) is 21.3. The Bertz CT molecular complexity index is 1330. The van der Waals surface area contributed by atoms with Crippen LogP contribution in [0.15, 0.2) is 29.1 Å². The quantitative estimate of drug-likeness (QED) is 0.152. The Morgan fingerprint density at radius 2 is 2.06 bits per heavy atom. The van der Waals surface area contributed by atoms with E-state index in [4.69, 9.17) is 11.2 Å². The van der Waals surface area contributed by atoms with E-state index in [9.17, 15) is 34.2 Å². The Morgan fingerprint density at radius 3 is 2.66 bits per heavy atom. The Labute approximate surface area is 233 Å². The van der Waals surface area contributed by atoms with Gasteiger partial charge >= 0.3 is 37.7 Å². The van der Waals surface area contributed by atoms with Crippen LogP contribution in [0.2, 0.25) is 0 Å². The molecule has 0 radical (unpaired) electrons. The number of nitrogens with two attached hydrogens (primary N) is 1. The van der Waals surface area contributed by atoms with Crippen LogP contribution in [0.4, 0.5) is 23.1 Å². The molecule has 2 unspecified atom stereocenters. The Balaban J connectivity index is 0.00000533. The molecule has 0 saturated heterocycles. The van der Waals surface area contributed by atoms with Gasteiger partial charge in [0.05, 0.1) is 23.5 Å². The van der Waals surface area contributed by atoms with Gasteiger partial charge in [-0.3, -0.25) is 19.4 Å². The molecule has 1 aliphatic rings. The van der Waals surface area contributed by atoms with Crippen LogP contribution in [-0.2, 0) is 14.4 Å². The van der Waals surface area contributed by atoms with Crippen LogP contribution < -0.4 is 42.4 Å². The second kappa shape index (κ2) is 12.4. The fourth-order valence-corrected chi connectivity index (χ4v) is 2.93. The number of anilines is 4. The Morgan fingerprint density at radius 1 is 1.37 bits per heavy atom. The van der Waals surface area contributed by atoms with E-state index in [0.29, 0.717) is 4.90 Å². The van der Waals surface area contributed by atoms with Gasteiger partial charge in [-0.05, 0) is 37.1 Å². The minimum atomic E-state index is -2.90. The van der Waals surface area contributed by atoms with Gasteiger partial charge in [-0.25, -0.2) is 0 Å². The zero-order valence-corrected chi connectivity index (χ0v) is 20.2. The van der Waals surface area contributed by atoms with Crippen molar-refractivity contribution in [3.63, 3.8) is 0 Å². The van der Waals surface area contributed by atoms with Crippen LogP contribution >= 0.6 is 0 Å². The van der Waals surface area contributed by atoms with Gasteiger partial charge in [-0.15, -0.1) is 0 Å². The minimum Gasteiger partial charge on any atom is -0.550 e. The number of benzene rings is 1. The molecule has 2 amide bonds. The number of rotatable bonds is 10. The van der Waals surface area contributed by atoms with Gasteiger partial charge in [0, 0.05) is 30.2 Å². The third-order valence-corrected chi connectivity index (χ3v) is 4.57. The van der Waals surface area contributed by atoms with Crippen molar-refractivity contribution in [1.82, 2.24) is 15.3 Å².